The third-order valence-corrected chi connectivity index (χ3v) is 3.52. The van der Waals surface area contributed by atoms with E-state index in [-0.39, 0.29) is 5.91 Å². The predicted octanol–water partition coefficient (Wildman–Crippen LogP) is 2.62. The SMILES string of the molecule is CCOCCN(C)C(=O)c1ccc(Br)s1. The number of hydrogen-bond donors (Lipinski definition) is 0. The van der Waals surface area contributed by atoms with Gasteiger partial charge in [-0.05, 0) is 35.0 Å². The molecule has 0 aliphatic carbocycles. The van der Waals surface area contributed by atoms with E-state index < -0.39 is 0 Å². The Morgan fingerprint density at radius 1 is 1.60 bits per heavy atom. The van der Waals surface area contributed by atoms with Crippen LogP contribution in [0.25, 0.3) is 0 Å². The van der Waals surface area contributed by atoms with Gasteiger partial charge in [0, 0.05) is 20.2 Å². The topological polar surface area (TPSA) is 29.5 Å². The highest BCUT2D eigenvalue weighted by molar-refractivity contribution is 9.11. The Morgan fingerprint density at radius 2 is 2.33 bits per heavy atom. The van der Waals surface area contributed by atoms with Crippen molar-refractivity contribution in [3.8, 4) is 0 Å². The molecule has 1 amide bonds. The third-order valence-electron chi connectivity index (χ3n) is 1.91. The summed E-state index contributed by atoms with van der Waals surface area (Å²) in [4.78, 5) is 14.2. The van der Waals surface area contributed by atoms with Gasteiger partial charge in [-0.3, -0.25) is 4.79 Å². The minimum absolute atomic E-state index is 0.0467. The van der Waals surface area contributed by atoms with Crippen molar-refractivity contribution < 1.29 is 9.53 Å². The first kappa shape index (κ1) is 12.7. The van der Waals surface area contributed by atoms with Gasteiger partial charge in [-0.2, -0.15) is 0 Å². The number of carbonyl (C=O) groups excluding carboxylic acids is 1. The first-order valence-corrected chi connectivity index (χ1v) is 6.34. The van der Waals surface area contributed by atoms with E-state index in [1.807, 2.05) is 19.1 Å². The van der Waals surface area contributed by atoms with Gasteiger partial charge in [0.1, 0.15) is 0 Å². The quantitative estimate of drug-likeness (QED) is 0.781. The van der Waals surface area contributed by atoms with Crippen LogP contribution in [-0.4, -0.2) is 37.6 Å². The molecule has 0 spiro atoms. The van der Waals surface area contributed by atoms with Crippen LogP contribution in [-0.2, 0) is 4.74 Å². The zero-order valence-corrected chi connectivity index (χ0v) is 11.2. The van der Waals surface area contributed by atoms with E-state index in [0.29, 0.717) is 19.8 Å². The molecular weight excluding hydrogens is 278 g/mol. The van der Waals surface area contributed by atoms with E-state index in [2.05, 4.69) is 15.9 Å². The van der Waals surface area contributed by atoms with Crippen molar-refractivity contribution in [2.45, 2.75) is 6.92 Å². The molecule has 0 fully saturated rings. The van der Waals surface area contributed by atoms with Gasteiger partial charge in [-0.1, -0.05) is 0 Å². The minimum Gasteiger partial charge on any atom is -0.380 e. The summed E-state index contributed by atoms with van der Waals surface area (Å²) in [5.41, 5.74) is 0. The number of halogens is 1. The number of carbonyl (C=O) groups is 1. The third kappa shape index (κ3) is 3.93. The lowest BCUT2D eigenvalue weighted by Gasteiger charge is -2.15. The Bertz CT molecular complexity index is 327. The van der Waals surface area contributed by atoms with Crippen LogP contribution in [0.1, 0.15) is 16.6 Å². The van der Waals surface area contributed by atoms with E-state index in [9.17, 15) is 4.79 Å². The summed E-state index contributed by atoms with van der Waals surface area (Å²) in [7, 11) is 1.79. The monoisotopic (exact) mass is 291 g/mol. The molecule has 0 aliphatic rings. The van der Waals surface area contributed by atoms with Crippen LogP contribution in [0.5, 0.6) is 0 Å². The van der Waals surface area contributed by atoms with Crippen molar-refractivity contribution >= 4 is 33.2 Å². The highest BCUT2D eigenvalue weighted by atomic mass is 79.9. The molecule has 1 aromatic rings. The summed E-state index contributed by atoms with van der Waals surface area (Å²) in [5, 5.41) is 0. The van der Waals surface area contributed by atoms with Crippen LogP contribution >= 0.6 is 27.3 Å². The van der Waals surface area contributed by atoms with E-state index in [1.54, 1.807) is 11.9 Å². The molecule has 0 atom stereocenters. The van der Waals surface area contributed by atoms with Crippen molar-refractivity contribution in [1.82, 2.24) is 4.90 Å². The Hall–Kier alpha value is -0.390. The Labute approximate surface area is 102 Å². The number of amides is 1. The molecule has 0 unspecified atom stereocenters. The molecule has 5 heteroatoms. The summed E-state index contributed by atoms with van der Waals surface area (Å²) in [6.45, 7) is 3.85. The highest BCUT2D eigenvalue weighted by Gasteiger charge is 2.13. The molecule has 0 bridgehead atoms. The molecule has 0 saturated heterocycles. The summed E-state index contributed by atoms with van der Waals surface area (Å²) in [6.07, 6.45) is 0. The van der Waals surface area contributed by atoms with Crippen LogP contribution in [0.3, 0.4) is 0 Å². The van der Waals surface area contributed by atoms with Gasteiger partial charge in [0.25, 0.3) is 5.91 Å². The predicted molar refractivity (Wildman–Crippen MR) is 65.5 cm³/mol. The first-order chi connectivity index (χ1) is 7.15. The molecule has 1 heterocycles. The van der Waals surface area contributed by atoms with Gasteiger partial charge in [0.2, 0.25) is 0 Å². The van der Waals surface area contributed by atoms with E-state index in [1.165, 1.54) is 11.3 Å². The lowest BCUT2D eigenvalue weighted by molar-refractivity contribution is 0.0714. The minimum atomic E-state index is 0.0467. The van der Waals surface area contributed by atoms with Crippen LogP contribution in [0, 0.1) is 0 Å². The van der Waals surface area contributed by atoms with Crippen LogP contribution in [0.15, 0.2) is 15.9 Å². The van der Waals surface area contributed by atoms with Gasteiger partial charge in [-0.15, -0.1) is 11.3 Å². The van der Waals surface area contributed by atoms with Gasteiger partial charge in [0.15, 0.2) is 0 Å². The fourth-order valence-electron chi connectivity index (χ4n) is 1.06. The largest absolute Gasteiger partial charge is 0.380 e. The molecule has 3 nitrogen and oxygen atoms in total. The van der Waals surface area contributed by atoms with Gasteiger partial charge < -0.3 is 9.64 Å². The number of likely N-dealkylation sites (N-methyl/N-ethyl adjacent to an activating group) is 1. The number of nitrogens with zero attached hydrogens (tertiary/aromatic N) is 1. The Kier molecular flexibility index (Phi) is 5.28. The average Bonchev–Trinajstić information content (AvgIpc) is 2.64. The summed E-state index contributed by atoms with van der Waals surface area (Å²) in [6, 6.07) is 3.71. The molecule has 1 rings (SSSR count). The van der Waals surface area contributed by atoms with E-state index >= 15 is 0 Å². The maximum absolute atomic E-state index is 11.8. The smallest absolute Gasteiger partial charge is 0.263 e. The maximum atomic E-state index is 11.8. The Balaban J connectivity index is 2.46. The molecule has 0 N–H and O–H groups in total. The summed E-state index contributed by atoms with van der Waals surface area (Å²) < 4.78 is 6.17. The summed E-state index contributed by atoms with van der Waals surface area (Å²) in [5.74, 6) is 0.0467. The standard InChI is InChI=1S/C10H14BrNO2S/c1-3-14-7-6-12(2)10(13)8-4-5-9(11)15-8/h4-5H,3,6-7H2,1-2H3. The number of ether oxygens (including phenoxy) is 1. The van der Waals surface area contributed by atoms with Crippen LogP contribution < -0.4 is 0 Å². The van der Waals surface area contributed by atoms with E-state index in [0.717, 1.165) is 8.66 Å². The molecule has 0 saturated carbocycles. The lowest BCUT2D eigenvalue weighted by atomic mass is 10.4. The van der Waals surface area contributed by atoms with Crippen molar-refractivity contribution in [2.24, 2.45) is 0 Å². The van der Waals surface area contributed by atoms with Crippen LogP contribution in [0.4, 0.5) is 0 Å². The molecular formula is C10H14BrNO2S. The number of hydrogen-bond acceptors (Lipinski definition) is 3. The van der Waals surface area contributed by atoms with Gasteiger partial charge in [0.05, 0.1) is 15.3 Å². The normalized spacial score (nSPS) is 10.3. The van der Waals surface area contributed by atoms with Gasteiger partial charge >= 0.3 is 0 Å². The highest BCUT2D eigenvalue weighted by Crippen LogP contribution is 2.22. The van der Waals surface area contributed by atoms with E-state index in [4.69, 9.17) is 4.74 Å². The lowest BCUT2D eigenvalue weighted by Crippen LogP contribution is -2.29. The zero-order chi connectivity index (χ0) is 11.3. The van der Waals surface area contributed by atoms with Crippen LogP contribution in [0.2, 0.25) is 0 Å². The molecule has 0 aromatic carbocycles. The fraction of sp³-hybridized carbons (Fsp3) is 0.500. The summed E-state index contributed by atoms with van der Waals surface area (Å²) >= 11 is 4.78. The maximum Gasteiger partial charge on any atom is 0.263 e. The Morgan fingerprint density at radius 3 is 2.87 bits per heavy atom. The second-order valence-electron chi connectivity index (χ2n) is 3.03. The molecule has 1 aromatic heterocycles. The van der Waals surface area contributed by atoms with Crippen molar-refractivity contribution in [2.75, 3.05) is 26.8 Å². The first-order valence-electron chi connectivity index (χ1n) is 4.73. The van der Waals surface area contributed by atoms with Crippen molar-refractivity contribution in [1.29, 1.82) is 0 Å². The molecule has 84 valence electrons. The number of thiophene rings is 1. The number of rotatable bonds is 5. The molecule has 15 heavy (non-hydrogen) atoms. The van der Waals surface area contributed by atoms with Crippen molar-refractivity contribution in [3.05, 3.63) is 20.8 Å². The van der Waals surface area contributed by atoms with Gasteiger partial charge in [-0.25, -0.2) is 0 Å². The fourth-order valence-corrected chi connectivity index (χ4v) is 2.45. The second kappa shape index (κ2) is 6.25. The second-order valence-corrected chi connectivity index (χ2v) is 5.49. The average molecular weight is 292 g/mol. The molecule has 0 radical (unpaired) electrons. The van der Waals surface area contributed by atoms with Crippen molar-refractivity contribution in [3.63, 3.8) is 0 Å². The molecule has 0 aliphatic heterocycles. The zero-order valence-electron chi connectivity index (χ0n) is 8.83.